The second-order valence-corrected chi connectivity index (χ2v) is 11.7. The molecule has 0 saturated carbocycles. The lowest BCUT2D eigenvalue weighted by Crippen LogP contribution is -2.55. The molecule has 0 spiro atoms. The second-order valence-electron chi connectivity index (χ2n) is 9.25. The van der Waals surface area contributed by atoms with Crippen LogP contribution < -0.4 is 15.0 Å². The van der Waals surface area contributed by atoms with E-state index in [1.807, 2.05) is 0 Å². The van der Waals surface area contributed by atoms with Crippen molar-refractivity contribution in [2.24, 2.45) is 0 Å². The van der Waals surface area contributed by atoms with Crippen LogP contribution in [0.4, 0.5) is 10.2 Å². The number of carbonyl (C=O) groups excluding carboxylic acids is 1. The average Bonchev–Trinajstić information content (AvgIpc) is 3.00. The van der Waals surface area contributed by atoms with Crippen LogP contribution in [0.2, 0.25) is 5.02 Å². The van der Waals surface area contributed by atoms with Crippen LogP contribution in [0.25, 0.3) is 0 Å². The second kappa shape index (κ2) is 8.76. The van der Waals surface area contributed by atoms with Crippen molar-refractivity contribution in [3.8, 4) is 5.75 Å². The van der Waals surface area contributed by atoms with Gasteiger partial charge in [-0.15, -0.1) is 0 Å². The van der Waals surface area contributed by atoms with Gasteiger partial charge in [0, 0.05) is 36.6 Å². The van der Waals surface area contributed by atoms with Gasteiger partial charge in [0.05, 0.1) is 9.92 Å². The number of sulfone groups is 1. The van der Waals surface area contributed by atoms with Crippen molar-refractivity contribution in [2.75, 3.05) is 11.2 Å². The molecule has 33 heavy (non-hydrogen) atoms. The molecule has 4 rings (SSSR count). The zero-order valence-electron chi connectivity index (χ0n) is 18.7. The van der Waals surface area contributed by atoms with Gasteiger partial charge in [-0.05, 0) is 63.8 Å². The Balaban J connectivity index is 1.40. The highest BCUT2D eigenvalue weighted by atomic mass is 35.5. The maximum Gasteiger partial charge on any atom is 0.263 e. The molecule has 2 aliphatic rings. The van der Waals surface area contributed by atoms with E-state index in [2.05, 4.69) is 15.2 Å². The fraction of sp³-hybridized carbons (Fsp3) is 0.478. The Kier molecular flexibility index (Phi) is 6.30. The summed E-state index contributed by atoms with van der Waals surface area (Å²) in [5, 5.41) is 3.09. The molecule has 2 aliphatic heterocycles. The molecule has 10 heteroatoms. The number of piperidine rings is 1. The van der Waals surface area contributed by atoms with E-state index in [0.29, 0.717) is 0 Å². The van der Waals surface area contributed by atoms with Gasteiger partial charge in [-0.25, -0.2) is 17.8 Å². The third kappa shape index (κ3) is 5.09. The van der Waals surface area contributed by atoms with Crippen LogP contribution in [0.1, 0.15) is 39.5 Å². The first-order chi connectivity index (χ1) is 15.4. The molecule has 0 radical (unpaired) electrons. The van der Waals surface area contributed by atoms with Crippen LogP contribution in [0.15, 0.2) is 41.4 Å². The third-order valence-electron chi connectivity index (χ3n) is 6.29. The van der Waals surface area contributed by atoms with Gasteiger partial charge < -0.3 is 15.0 Å². The Morgan fingerprint density at radius 2 is 1.88 bits per heavy atom. The summed E-state index contributed by atoms with van der Waals surface area (Å²) >= 11 is 5.72. The van der Waals surface area contributed by atoms with E-state index >= 15 is 0 Å². The first-order valence-electron chi connectivity index (χ1n) is 10.8. The standard InChI is InChI=1S/C23H27ClFN3O4S/c1-23(2,32-17-6-8-19(24)20(25)12-17)22(29)27-14-10-15-4-5-16(11-14)28(15)21-9-7-18(13-26-21)33(3,30)31/h6-9,12-16H,4-5,10-11H2,1-3H3,(H,27,29)/t14?,15-,16+. The number of rotatable bonds is 6. The van der Waals surface area contributed by atoms with Crippen molar-refractivity contribution in [1.82, 2.24) is 10.3 Å². The summed E-state index contributed by atoms with van der Waals surface area (Å²) in [7, 11) is -3.29. The fourth-order valence-electron chi connectivity index (χ4n) is 4.65. The quantitative estimate of drug-likeness (QED) is 0.656. The average molecular weight is 496 g/mol. The van der Waals surface area contributed by atoms with Gasteiger partial charge in [-0.3, -0.25) is 4.79 Å². The lowest BCUT2D eigenvalue weighted by atomic mass is 9.96. The molecule has 1 unspecified atom stereocenters. The molecule has 2 fully saturated rings. The number of benzene rings is 1. The molecule has 1 amide bonds. The predicted octanol–water partition coefficient (Wildman–Crippen LogP) is 3.75. The molecule has 2 bridgehead atoms. The molecule has 0 aliphatic carbocycles. The summed E-state index contributed by atoms with van der Waals surface area (Å²) in [6.07, 6.45) is 6.04. The van der Waals surface area contributed by atoms with Gasteiger partial charge in [-0.2, -0.15) is 0 Å². The monoisotopic (exact) mass is 495 g/mol. The summed E-state index contributed by atoms with van der Waals surface area (Å²) < 4.78 is 42.9. The zero-order chi connectivity index (χ0) is 24.0. The van der Waals surface area contributed by atoms with Crippen molar-refractivity contribution in [1.29, 1.82) is 0 Å². The molecule has 1 aromatic carbocycles. The molecule has 3 heterocycles. The number of nitrogens with one attached hydrogen (secondary N) is 1. The summed E-state index contributed by atoms with van der Waals surface area (Å²) in [6, 6.07) is 7.82. The molecule has 2 aromatic rings. The summed E-state index contributed by atoms with van der Waals surface area (Å²) in [6.45, 7) is 3.29. The first kappa shape index (κ1) is 23.8. The summed E-state index contributed by atoms with van der Waals surface area (Å²) in [4.78, 5) is 19.8. The van der Waals surface area contributed by atoms with Crippen molar-refractivity contribution >= 4 is 33.2 Å². The zero-order valence-corrected chi connectivity index (χ0v) is 20.3. The Bertz CT molecular complexity index is 1140. The minimum atomic E-state index is -3.29. The molecule has 2 saturated heterocycles. The first-order valence-corrected chi connectivity index (χ1v) is 13.1. The number of pyridine rings is 1. The van der Waals surface area contributed by atoms with Gasteiger partial charge in [0.25, 0.3) is 5.91 Å². The van der Waals surface area contributed by atoms with Crippen LogP contribution >= 0.6 is 11.6 Å². The Labute approximate surface area is 198 Å². The largest absolute Gasteiger partial charge is 0.478 e. The Hall–Kier alpha value is -2.39. The highest BCUT2D eigenvalue weighted by Gasteiger charge is 2.43. The van der Waals surface area contributed by atoms with Gasteiger partial charge in [0.15, 0.2) is 15.4 Å². The van der Waals surface area contributed by atoms with Crippen LogP contribution in [-0.2, 0) is 14.6 Å². The van der Waals surface area contributed by atoms with Gasteiger partial charge in [0.2, 0.25) is 0 Å². The number of halogens is 2. The molecule has 3 atom stereocenters. The van der Waals surface area contributed by atoms with Crippen LogP contribution in [0, 0.1) is 5.82 Å². The van der Waals surface area contributed by atoms with Gasteiger partial charge in [0.1, 0.15) is 17.4 Å². The summed E-state index contributed by atoms with van der Waals surface area (Å²) in [5.74, 6) is 0.113. The molecular weight excluding hydrogens is 469 g/mol. The molecule has 1 N–H and O–H groups in total. The maximum absolute atomic E-state index is 13.7. The number of anilines is 1. The van der Waals surface area contributed by atoms with Crippen molar-refractivity contribution in [3.05, 3.63) is 47.4 Å². The lowest BCUT2D eigenvalue weighted by Gasteiger charge is -2.40. The van der Waals surface area contributed by atoms with Gasteiger partial charge in [-0.1, -0.05) is 11.6 Å². The van der Waals surface area contributed by atoms with Crippen LogP contribution in [-0.4, -0.2) is 49.3 Å². The van der Waals surface area contributed by atoms with Crippen molar-refractivity contribution in [2.45, 2.75) is 68.2 Å². The highest BCUT2D eigenvalue weighted by molar-refractivity contribution is 7.90. The number of carbonyl (C=O) groups is 1. The molecule has 7 nitrogen and oxygen atoms in total. The van der Waals surface area contributed by atoms with E-state index in [0.717, 1.165) is 43.8 Å². The van der Waals surface area contributed by atoms with Gasteiger partial charge >= 0.3 is 0 Å². The van der Waals surface area contributed by atoms with E-state index in [1.54, 1.807) is 26.0 Å². The third-order valence-corrected chi connectivity index (χ3v) is 7.70. The number of aromatic nitrogens is 1. The number of ether oxygens (including phenoxy) is 1. The summed E-state index contributed by atoms with van der Waals surface area (Å²) in [5.41, 5.74) is -1.19. The topological polar surface area (TPSA) is 88.6 Å². The van der Waals surface area contributed by atoms with Crippen LogP contribution in [0.5, 0.6) is 5.75 Å². The number of amides is 1. The van der Waals surface area contributed by atoms with E-state index in [4.69, 9.17) is 16.3 Å². The minimum Gasteiger partial charge on any atom is -0.478 e. The van der Waals surface area contributed by atoms with E-state index in [-0.39, 0.29) is 39.7 Å². The van der Waals surface area contributed by atoms with E-state index in [9.17, 15) is 17.6 Å². The number of nitrogens with zero attached hydrogens (tertiary/aromatic N) is 2. The maximum atomic E-state index is 13.7. The Morgan fingerprint density at radius 1 is 1.21 bits per heavy atom. The molecule has 178 valence electrons. The molecular formula is C23H27ClFN3O4S. The van der Waals surface area contributed by atoms with Crippen molar-refractivity contribution < 1.29 is 22.3 Å². The fourth-order valence-corrected chi connectivity index (χ4v) is 5.33. The number of hydrogen-bond donors (Lipinski definition) is 1. The number of hydrogen-bond acceptors (Lipinski definition) is 6. The SMILES string of the molecule is CC(C)(Oc1ccc(Cl)c(F)c1)C(=O)NC1C[C@H]2CC[C@@H](C1)N2c1ccc(S(C)(=O)=O)cn1. The highest BCUT2D eigenvalue weighted by Crippen LogP contribution is 2.39. The number of fused-ring (bicyclic) bond motifs is 2. The smallest absolute Gasteiger partial charge is 0.263 e. The van der Waals surface area contributed by atoms with Crippen LogP contribution in [0.3, 0.4) is 0 Å². The van der Waals surface area contributed by atoms with E-state index < -0.39 is 21.3 Å². The lowest BCUT2D eigenvalue weighted by molar-refractivity contribution is -0.135. The normalized spacial score (nSPS) is 22.8. The molecule has 1 aromatic heterocycles. The van der Waals surface area contributed by atoms with E-state index in [1.165, 1.54) is 18.3 Å². The predicted molar refractivity (Wildman–Crippen MR) is 124 cm³/mol. The van der Waals surface area contributed by atoms with Crippen molar-refractivity contribution in [3.63, 3.8) is 0 Å². The Morgan fingerprint density at radius 3 is 2.42 bits per heavy atom. The minimum absolute atomic E-state index is 0.00714.